The van der Waals surface area contributed by atoms with Crippen LogP contribution >= 0.6 is 0 Å². The fourth-order valence-corrected chi connectivity index (χ4v) is 1.79. The minimum absolute atomic E-state index is 0.000488. The molecule has 1 N–H and O–H groups in total. The van der Waals surface area contributed by atoms with Crippen molar-refractivity contribution >= 4 is 12.0 Å². The van der Waals surface area contributed by atoms with Crippen molar-refractivity contribution in [3.05, 3.63) is 0 Å². The van der Waals surface area contributed by atoms with E-state index in [1.54, 1.807) is 19.0 Å². The van der Waals surface area contributed by atoms with Crippen LogP contribution in [0, 0.1) is 5.92 Å². The van der Waals surface area contributed by atoms with Gasteiger partial charge >= 0.3 is 12.0 Å². The third-order valence-corrected chi connectivity index (χ3v) is 3.07. The van der Waals surface area contributed by atoms with E-state index in [-0.39, 0.29) is 19.0 Å². The number of aliphatic carboxylic acids is 1. The Morgan fingerprint density at radius 1 is 1.25 bits per heavy atom. The van der Waals surface area contributed by atoms with Crippen LogP contribution in [0.5, 0.6) is 0 Å². The van der Waals surface area contributed by atoms with E-state index < -0.39 is 5.97 Å². The van der Waals surface area contributed by atoms with Gasteiger partial charge in [-0.15, -0.1) is 0 Å². The van der Waals surface area contributed by atoms with Gasteiger partial charge in [0.15, 0.2) is 0 Å². The number of hydrogen-bond donors (Lipinski definition) is 1. The normalized spacial score (nSPS) is 15.4. The molecule has 5 nitrogen and oxygen atoms in total. The predicted molar refractivity (Wildman–Crippen MR) is 60.2 cm³/mol. The van der Waals surface area contributed by atoms with Crippen molar-refractivity contribution in [1.82, 2.24) is 9.80 Å². The maximum Gasteiger partial charge on any atom is 0.319 e. The number of carboxylic acid groups (broad SMARTS) is 1. The standard InChI is InChI=1S/C11H20N2O3/c1-12(7-6-10(14)15)11(16)13(2)8-9-4-3-5-9/h9H,3-8H2,1-2H3,(H,14,15). The molecule has 0 heterocycles. The van der Waals surface area contributed by atoms with Crippen molar-refractivity contribution in [2.24, 2.45) is 5.92 Å². The summed E-state index contributed by atoms with van der Waals surface area (Å²) in [5.41, 5.74) is 0. The number of amides is 2. The van der Waals surface area contributed by atoms with Crippen molar-refractivity contribution in [3.63, 3.8) is 0 Å². The number of nitrogens with zero attached hydrogens (tertiary/aromatic N) is 2. The lowest BCUT2D eigenvalue weighted by Gasteiger charge is -2.32. The molecule has 1 aliphatic carbocycles. The van der Waals surface area contributed by atoms with E-state index in [2.05, 4.69) is 0 Å². The molecule has 1 saturated carbocycles. The van der Waals surface area contributed by atoms with E-state index in [1.165, 1.54) is 24.2 Å². The van der Waals surface area contributed by atoms with Gasteiger partial charge in [-0.3, -0.25) is 4.79 Å². The lowest BCUT2D eigenvalue weighted by atomic mass is 9.85. The molecular weight excluding hydrogens is 208 g/mol. The van der Waals surface area contributed by atoms with Crippen LogP contribution in [-0.2, 0) is 4.79 Å². The molecule has 0 aromatic heterocycles. The highest BCUT2D eigenvalue weighted by atomic mass is 16.4. The summed E-state index contributed by atoms with van der Waals surface area (Å²) in [6.45, 7) is 1.05. The van der Waals surface area contributed by atoms with Crippen LogP contribution in [0.4, 0.5) is 4.79 Å². The molecular formula is C11H20N2O3. The summed E-state index contributed by atoms with van der Waals surface area (Å²) >= 11 is 0. The Morgan fingerprint density at radius 3 is 2.31 bits per heavy atom. The van der Waals surface area contributed by atoms with Crippen molar-refractivity contribution in [3.8, 4) is 0 Å². The zero-order chi connectivity index (χ0) is 12.1. The lowest BCUT2D eigenvalue weighted by molar-refractivity contribution is -0.137. The van der Waals surface area contributed by atoms with Gasteiger partial charge < -0.3 is 14.9 Å². The quantitative estimate of drug-likeness (QED) is 0.770. The van der Waals surface area contributed by atoms with Crippen LogP contribution in [0.1, 0.15) is 25.7 Å². The van der Waals surface area contributed by atoms with Gasteiger partial charge in [0.25, 0.3) is 0 Å². The topological polar surface area (TPSA) is 60.9 Å². The second kappa shape index (κ2) is 5.72. The first kappa shape index (κ1) is 12.8. The number of carboxylic acids is 1. The zero-order valence-electron chi connectivity index (χ0n) is 9.98. The molecule has 16 heavy (non-hydrogen) atoms. The average molecular weight is 228 g/mol. The van der Waals surface area contributed by atoms with E-state index in [0.717, 1.165) is 6.54 Å². The van der Waals surface area contributed by atoms with Crippen LogP contribution in [0.3, 0.4) is 0 Å². The van der Waals surface area contributed by atoms with Gasteiger partial charge in [0.05, 0.1) is 6.42 Å². The van der Waals surface area contributed by atoms with E-state index >= 15 is 0 Å². The number of carbonyl (C=O) groups excluding carboxylic acids is 1. The Bertz CT molecular complexity index is 264. The van der Waals surface area contributed by atoms with E-state index in [4.69, 9.17) is 5.11 Å². The minimum Gasteiger partial charge on any atom is -0.481 e. The molecule has 0 spiro atoms. The van der Waals surface area contributed by atoms with Crippen molar-refractivity contribution < 1.29 is 14.7 Å². The van der Waals surface area contributed by atoms with Crippen LogP contribution in [0.25, 0.3) is 0 Å². The maximum absolute atomic E-state index is 11.8. The van der Waals surface area contributed by atoms with Gasteiger partial charge in [-0.2, -0.15) is 0 Å². The molecule has 5 heteroatoms. The summed E-state index contributed by atoms with van der Waals surface area (Å²) in [6.07, 6.45) is 3.67. The first-order chi connectivity index (χ1) is 7.50. The number of carbonyl (C=O) groups is 2. The van der Waals surface area contributed by atoms with Crippen LogP contribution in [0.2, 0.25) is 0 Å². The molecule has 1 aliphatic rings. The number of rotatable bonds is 5. The highest BCUT2D eigenvalue weighted by Crippen LogP contribution is 2.26. The molecule has 0 bridgehead atoms. The van der Waals surface area contributed by atoms with Crippen LogP contribution in [-0.4, -0.2) is 54.1 Å². The predicted octanol–water partition coefficient (Wildman–Crippen LogP) is 1.24. The molecule has 2 amide bonds. The molecule has 0 aromatic rings. The first-order valence-corrected chi connectivity index (χ1v) is 5.68. The lowest BCUT2D eigenvalue weighted by Crippen LogP contribution is -2.42. The third-order valence-electron chi connectivity index (χ3n) is 3.07. The maximum atomic E-state index is 11.8. The molecule has 1 rings (SSSR count). The van der Waals surface area contributed by atoms with Crippen molar-refractivity contribution in [1.29, 1.82) is 0 Å². The second-order valence-electron chi connectivity index (χ2n) is 4.53. The van der Waals surface area contributed by atoms with E-state index in [1.807, 2.05) is 0 Å². The van der Waals surface area contributed by atoms with Gasteiger partial charge in [0, 0.05) is 27.2 Å². The average Bonchev–Trinajstić information content (AvgIpc) is 2.18. The fraction of sp³-hybridized carbons (Fsp3) is 0.818. The van der Waals surface area contributed by atoms with Gasteiger partial charge in [-0.05, 0) is 18.8 Å². The molecule has 0 aromatic carbocycles. The molecule has 0 aliphatic heterocycles. The molecule has 0 saturated heterocycles. The Balaban J connectivity index is 2.27. The number of urea groups is 1. The van der Waals surface area contributed by atoms with Crippen LogP contribution < -0.4 is 0 Å². The van der Waals surface area contributed by atoms with E-state index in [9.17, 15) is 9.59 Å². The zero-order valence-corrected chi connectivity index (χ0v) is 9.98. The molecule has 0 atom stereocenters. The third kappa shape index (κ3) is 3.72. The SMILES string of the molecule is CN(CCC(=O)O)C(=O)N(C)CC1CCC1. The van der Waals surface area contributed by atoms with E-state index in [0.29, 0.717) is 5.92 Å². The summed E-state index contributed by atoms with van der Waals surface area (Å²) in [5.74, 6) is -0.233. The summed E-state index contributed by atoms with van der Waals surface area (Å²) < 4.78 is 0. The first-order valence-electron chi connectivity index (χ1n) is 5.68. The Kier molecular flexibility index (Phi) is 4.58. The minimum atomic E-state index is -0.874. The number of hydrogen-bond acceptors (Lipinski definition) is 2. The summed E-state index contributed by atoms with van der Waals surface area (Å²) in [5, 5.41) is 8.52. The summed E-state index contributed by atoms with van der Waals surface area (Å²) in [7, 11) is 3.42. The Hall–Kier alpha value is -1.26. The fourth-order valence-electron chi connectivity index (χ4n) is 1.79. The second-order valence-corrected chi connectivity index (χ2v) is 4.53. The monoisotopic (exact) mass is 228 g/mol. The summed E-state index contributed by atoms with van der Waals surface area (Å²) in [4.78, 5) is 25.3. The molecule has 0 unspecified atom stereocenters. The molecule has 0 radical (unpaired) electrons. The van der Waals surface area contributed by atoms with Gasteiger partial charge in [-0.25, -0.2) is 4.79 Å². The van der Waals surface area contributed by atoms with Crippen molar-refractivity contribution in [2.45, 2.75) is 25.7 Å². The molecule has 92 valence electrons. The summed E-state index contributed by atoms with van der Waals surface area (Å²) in [6, 6.07) is -0.0897. The Morgan fingerprint density at radius 2 is 1.88 bits per heavy atom. The van der Waals surface area contributed by atoms with Gasteiger partial charge in [0.2, 0.25) is 0 Å². The largest absolute Gasteiger partial charge is 0.481 e. The highest BCUT2D eigenvalue weighted by Gasteiger charge is 2.22. The van der Waals surface area contributed by atoms with Gasteiger partial charge in [0.1, 0.15) is 0 Å². The van der Waals surface area contributed by atoms with Crippen molar-refractivity contribution in [2.75, 3.05) is 27.2 Å². The highest BCUT2D eigenvalue weighted by molar-refractivity contribution is 5.75. The smallest absolute Gasteiger partial charge is 0.319 e. The Labute approximate surface area is 96.0 Å². The molecule has 1 fully saturated rings. The van der Waals surface area contributed by atoms with Crippen LogP contribution in [0.15, 0.2) is 0 Å². The van der Waals surface area contributed by atoms with Gasteiger partial charge in [-0.1, -0.05) is 6.42 Å².